The Kier molecular flexibility index (Phi) is 6.54. The van der Waals surface area contributed by atoms with Gasteiger partial charge in [0.1, 0.15) is 0 Å². The van der Waals surface area contributed by atoms with Crippen LogP contribution in [0.25, 0.3) is 0 Å². The van der Waals surface area contributed by atoms with Crippen molar-refractivity contribution in [3.63, 3.8) is 0 Å². The molecule has 0 spiro atoms. The molecule has 1 heterocycles. The van der Waals surface area contributed by atoms with E-state index in [0.29, 0.717) is 23.1 Å². The zero-order valence-electron chi connectivity index (χ0n) is 16.6. The molecule has 0 atom stereocenters. The third-order valence-electron chi connectivity index (χ3n) is 4.86. The Balaban J connectivity index is 1.56. The molecule has 1 amide bonds. The van der Waals surface area contributed by atoms with Crippen molar-refractivity contribution in [1.82, 2.24) is 10.2 Å². The third-order valence-corrected chi connectivity index (χ3v) is 5.60. The maximum atomic E-state index is 12.8. The van der Waals surface area contributed by atoms with E-state index < -0.39 is 0 Å². The molecule has 28 heavy (non-hydrogen) atoms. The molecule has 0 bridgehead atoms. The van der Waals surface area contributed by atoms with Crippen molar-refractivity contribution in [2.75, 3.05) is 31.1 Å². The molecule has 150 valence electrons. The minimum atomic E-state index is 0.0719. The minimum Gasteiger partial charge on any atom is -0.368 e. The average Bonchev–Trinajstić information content (AvgIpc) is 2.68. The van der Waals surface area contributed by atoms with Gasteiger partial charge in [-0.15, -0.1) is 0 Å². The first-order chi connectivity index (χ1) is 13.2. The van der Waals surface area contributed by atoms with E-state index in [9.17, 15) is 4.79 Å². The third kappa shape index (κ3) is 5.40. The molecular weight excluding hydrogens is 393 g/mol. The van der Waals surface area contributed by atoms with Crippen LogP contribution in [-0.4, -0.2) is 42.5 Å². The highest BCUT2D eigenvalue weighted by molar-refractivity contribution is 6.42. The Morgan fingerprint density at radius 1 is 0.964 bits per heavy atom. The van der Waals surface area contributed by atoms with Crippen LogP contribution in [0.3, 0.4) is 0 Å². The zero-order chi connectivity index (χ0) is 20.3. The number of amides is 1. The van der Waals surface area contributed by atoms with Gasteiger partial charge in [0.15, 0.2) is 0 Å². The van der Waals surface area contributed by atoms with E-state index in [1.807, 2.05) is 47.4 Å². The smallest absolute Gasteiger partial charge is 0.253 e. The topological polar surface area (TPSA) is 35.6 Å². The van der Waals surface area contributed by atoms with Crippen molar-refractivity contribution in [1.29, 1.82) is 0 Å². The van der Waals surface area contributed by atoms with Crippen LogP contribution in [-0.2, 0) is 6.54 Å². The Morgan fingerprint density at radius 3 is 2.18 bits per heavy atom. The monoisotopic (exact) mass is 419 g/mol. The Labute approximate surface area is 177 Å². The number of nitrogens with one attached hydrogen (secondary N) is 1. The molecular formula is C22H27Cl2N3O. The van der Waals surface area contributed by atoms with Gasteiger partial charge < -0.3 is 15.1 Å². The zero-order valence-corrected chi connectivity index (χ0v) is 18.1. The fraction of sp³-hybridized carbons (Fsp3) is 0.409. The number of nitrogens with zero attached hydrogens (tertiary/aromatic N) is 2. The quantitative estimate of drug-likeness (QED) is 0.769. The lowest BCUT2D eigenvalue weighted by Gasteiger charge is -2.36. The molecule has 1 aliphatic rings. The molecule has 1 saturated heterocycles. The van der Waals surface area contributed by atoms with Gasteiger partial charge in [-0.05, 0) is 56.7 Å². The first-order valence-corrected chi connectivity index (χ1v) is 10.3. The second kappa shape index (κ2) is 8.73. The maximum absolute atomic E-state index is 12.8. The van der Waals surface area contributed by atoms with Crippen molar-refractivity contribution in [2.45, 2.75) is 32.9 Å². The lowest BCUT2D eigenvalue weighted by Crippen LogP contribution is -2.48. The first kappa shape index (κ1) is 21.0. The van der Waals surface area contributed by atoms with Gasteiger partial charge in [-0.1, -0.05) is 35.3 Å². The van der Waals surface area contributed by atoms with Crippen molar-refractivity contribution in [2.24, 2.45) is 0 Å². The molecule has 0 radical (unpaired) electrons. The molecule has 4 nitrogen and oxygen atoms in total. The first-order valence-electron chi connectivity index (χ1n) is 9.56. The molecule has 0 aromatic heterocycles. The fourth-order valence-corrected chi connectivity index (χ4v) is 3.46. The molecule has 1 fully saturated rings. The Bertz CT molecular complexity index is 823. The van der Waals surface area contributed by atoms with E-state index in [1.54, 1.807) is 0 Å². The normalized spacial score (nSPS) is 15.0. The summed E-state index contributed by atoms with van der Waals surface area (Å²) in [6, 6.07) is 13.6. The molecule has 0 aliphatic carbocycles. The molecule has 2 aromatic rings. The Morgan fingerprint density at radius 2 is 1.61 bits per heavy atom. The number of hydrogen-bond acceptors (Lipinski definition) is 3. The van der Waals surface area contributed by atoms with Crippen LogP contribution in [0.2, 0.25) is 10.0 Å². The van der Waals surface area contributed by atoms with E-state index in [0.717, 1.165) is 30.9 Å². The summed E-state index contributed by atoms with van der Waals surface area (Å²) in [7, 11) is 0. The molecule has 2 aromatic carbocycles. The summed E-state index contributed by atoms with van der Waals surface area (Å²) in [6.45, 7) is 10.1. The van der Waals surface area contributed by atoms with Gasteiger partial charge in [-0.2, -0.15) is 0 Å². The van der Waals surface area contributed by atoms with Gasteiger partial charge in [-0.3, -0.25) is 4.79 Å². The SMILES string of the molecule is CC(C)(C)NCc1ccc(C(=O)N2CCN(c3ccc(Cl)c(Cl)c3)CC2)cc1. The predicted molar refractivity (Wildman–Crippen MR) is 118 cm³/mol. The number of carbonyl (C=O) groups excluding carboxylic acids is 1. The highest BCUT2D eigenvalue weighted by Gasteiger charge is 2.22. The Hall–Kier alpha value is -1.75. The van der Waals surface area contributed by atoms with Crippen LogP contribution < -0.4 is 10.2 Å². The van der Waals surface area contributed by atoms with Gasteiger partial charge in [0.2, 0.25) is 0 Å². The molecule has 0 saturated carbocycles. The van der Waals surface area contributed by atoms with Gasteiger partial charge in [0, 0.05) is 49.5 Å². The molecule has 1 aliphatic heterocycles. The standard InChI is InChI=1S/C22H27Cl2N3O/c1-22(2,3)25-15-16-4-6-17(7-5-16)21(28)27-12-10-26(11-13-27)18-8-9-19(23)20(24)14-18/h4-9,14,25H,10-13,15H2,1-3H3. The molecule has 6 heteroatoms. The molecule has 0 unspecified atom stereocenters. The van der Waals surface area contributed by atoms with Crippen LogP contribution in [0.4, 0.5) is 5.69 Å². The maximum Gasteiger partial charge on any atom is 0.253 e. The number of rotatable bonds is 4. The second-order valence-electron chi connectivity index (χ2n) is 8.18. The summed E-state index contributed by atoms with van der Waals surface area (Å²) in [6.07, 6.45) is 0. The number of piperazine rings is 1. The highest BCUT2D eigenvalue weighted by Crippen LogP contribution is 2.28. The number of halogens is 2. The second-order valence-corrected chi connectivity index (χ2v) is 8.99. The predicted octanol–water partition coefficient (Wildman–Crippen LogP) is 4.84. The van der Waals surface area contributed by atoms with Crippen LogP contribution in [0, 0.1) is 0 Å². The molecule has 3 rings (SSSR count). The average molecular weight is 420 g/mol. The summed E-state index contributed by atoms with van der Waals surface area (Å²) in [5.41, 5.74) is 3.03. The van der Waals surface area contributed by atoms with E-state index in [2.05, 4.69) is 31.0 Å². The van der Waals surface area contributed by atoms with Crippen molar-refractivity contribution in [3.8, 4) is 0 Å². The summed E-state index contributed by atoms with van der Waals surface area (Å²) in [4.78, 5) is 17.0. The molecule has 1 N–H and O–H groups in total. The van der Waals surface area contributed by atoms with Crippen LogP contribution >= 0.6 is 23.2 Å². The fourth-order valence-electron chi connectivity index (χ4n) is 3.16. The van der Waals surface area contributed by atoms with E-state index in [4.69, 9.17) is 23.2 Å². The number of benzene rings is 2. The van der Waals surface area contributed by atoms with Gasteiger partial charge in [-0.25, -0.2) is 0 Å². The lowest BCUT2D eigenvalue weighted by atomic mass is 10.1. The van der Waals surface area contributed by atoms with E-state index >= 15 is 0 Å². The summed E-state index contributed by atoms with van der Waals surface area (Å²) >= 11 is 12.1. The van der Waals surface area contributed by atoms with Crippen molar-refractivity contribution in [3.05, 3.63) is 63.6 Å². The van der Waals surface area contributed by atoms with Gasteiger partial charge in [0.25, 0.3) is 5.91 Å². The van der Waals surface area contributed by atoms with Crippen LogP contribution in [0.15, 0.2) is 42.5 Å². The summed E-state index contributed by atoms with van der Waals surface area (Å²) in [5.74, 6) is 0.0871. The van der Waals surface area contributed by atoms with E-state index in [1.165, 1.54) is 5.56 Å². The highest BCUT2D eigenvalue weighted by atomic mass is 35.5. The van der Waals surface area contributed by atoms with Gasteiger partial charge in [0.05, 0.1) is 10.0 Å². The number of anilines is 1. The largest absolute Gasteiger partial charge is 0.368 e. The lowest BCUT2D eigenvalue weighted by molar-refractivity contribution is 0.0747. The van der Waals surface area contributed by atoms with Crippen LogP contribution in [0.5, 0.6) is 0 Å². The number of carbonyl (C=O) groups is 1. The summed E-state index contributed by atoms with van der Waals surface area (Å²) in [5, 5.41) is 4.57. The van der Waals surface area contributed by atoms with E-state index in [-0.39, 0.29) is 11.4 Å². The summed E-state index contributed by atoms with van der Waals surface area (Å²) < 4.78 is 0. The van der Waals surface area contributed by atoms with Crippen molar-refractivity contribution < 1.29 is 4.79 Å². The van der Waals surface area contributed by atoms with Gasteiger partial charge >= 0.3 is 0 Å². The van der Waals surface area contributed by atoms with Crippen molar-refractivity contribution >= 4 is 34.8 Å². The minimum absolute atomic E-state index is 0.0719. The number of hydrogen-bond donors (Lipinski definition) is 1. The van der Waals surface area contributed by atoms with Crippen LogP contribution in [0.1, 0.15) is 36.7 Å².